The van der Waals surface area contributed by atoms with Crippen LogP contribution in [0.4, 0.5) is 5.82 Å². The number of fused-ring (bicyclic) bond motifs is 1. The van der Waals surface area contributed by atoms with Crippen molar-refractivity contribution in [3.05, 3.63) is 47.9 Å². The predicted octanol–water partition coefficient (Wildman–Crippen LogP) is 3.92. The van der Waals surface area contributed by atoms with Crippen molar-refractivity contribution < 1.29 is 9.15 Å². The third-order valence-electron chi connectivity index (χ3n) is 4.87. The van der Waals surface area contributed by atoms with Crippen molar-refractivity contribution in [3.63, 3.8) is 0 Å². The van der Waals surface area contributed by atoms with Crippen LogP contribution in [0.3, 0.4) is 0 Å². The van der Waals surface area contributed by atoms with Crippen molar-refractivity contribution in [1.29, 1.82) is 0 Å². The Balaban J connectivity index is 1.63. The molecule has 0 bridgehead atoms. The van der Waals surface area contributed by atoms with Crippen molar-refractivity contribution in [2.75, 3.05) is 25.1 Å². The Morgan fingerprint density at radius 3 is 3.08 bits per heavy atom. The maximum absolute atomic E-state index is 5.63. The molecule has 0 amide bonds. The molecule has 1 saturated heterocycles. The van der Waals surface area contributed by atoms with Gasteiger partial charge in [0.15, 0.2) is 11.4 Å². The highest BCUT2D eigenvalue weighted by Crippen LogP contribution is 2.34. The summed E-state index contributed by atoms with van der Waals surface area (Å²) in [5, 5.41) is 9.46. The number of ether oxygens (including phenoxy) is 1. The number of rotatable bonds is 3. The van der Waals surface area contributed by atoms with Crippen LogP contribution in [0.25, 0.3) is 11.0 Å². The first-order valence-electron chi connectivity index (χ1n) is 8.34. The Morgan fingerprint density at radius 1 is 1.29 bits per heavy atom. The molecule has 3 heterocycles. The molecule has 0 N–H and O–H groups in total. The van der Waals surface area contributed by atoms with Crippen molar-refractivity contribution in [3.8, 4) is 5.75 Å². The molecular formula is C19H21N3O2. The number of aromatic nitrogens is 2. The largest absolute Gasteiger partial charge is 0.496 e. The van der Waals surface area contributed by atoms with Gasteiger partial charge in [-0.1, -0.05) is 12.1 Å². The van der Waals surface area contributed by atoms with Gasteiger partial charge < -0.3 is 14.1 Å². The molecule has 0 radical (unpaired) electrons. The van der Waals surface area contributed by atoms with Crippen LogP contribution in [0.2, 0.25) is 0 Å². The number of benzene rings is 1. The summed E-state index contributed by atoms with van der Waals surface area (Å²) in [6.45, 7) is 3.97. The summed E-state index contributed by atoms with van der Waals surface area (Å²) < 4.78 is 11.1. The molecule has 1 fully saturated rings. The van der Waals surface area contributed by atoms with E-state index in [1.54, 1.807) is 19.6 Å². The minimum Gasteiger partial charge on any atom is -0.496 e. The Kier molecular flexibility index (Phi) is 3.84. The van der Waals surface area contributed by atoms with Gasteiger partial charge in [0.05, 0.1) is 19.6 Å². The number of anilines is 1. The third kappa shape index (κ3) is 2.60. The summed E-state index contributed by atoms with van der Waals surface area (Å²) in [7, 11) is 1.73. The fraction of sp³-hybridized carbons (Fsp3) is 0.368. The number of nitrogens with zero attached hydrogens (tertiary/aromatic N) is 3. The first kappa shape index (κ1) is 15.0. The van der Waals surface area contributed by atoms with Gasteiger partial charge in [-0.25, -0.2) is 0 Å². The lowest BCUT2D eigenvalue weighted by Crippen LogP contribution is -2.35. The number of piperidine rings is 1. The van der Waals surface area contributed by atoms with Gasteiger partial charge in [0.2, 0.25) is 0 Å². The highest BCUT2D eigenvalue weighted by Gasteiger charge is 2.25. The molecule has 1 atom stereocenters. The minimum absolute atomic E-state index is 0.459. The fourth-order valence-electron chi connectivity index (χ4n) is 3.53. The Bertz CT molecular complexity index is 859. The summed E-state index contributed by atoms with van der Waals surface area (Å²) in [6.07, 6.45) is 5.74. The van der Waals surface area contributed by atoms with E-state index >= 15 is 0 Å². The topological polar surface area (TPSA) is 51.4 Å². The minimum atomic E-state index is 0.459. The second-order valence-corrected chi connectivity index (χ2v) is 6.39. The van der Waals surface area contributed by atoms with Crippen LogP contribution in [0, 0.1) is 6.92 Å². The maximum Gasteiger partial charge on any atom is 0.195 e. The first-order chi connectivity index (χ1) is 11.8. The van der Waals surface area contributed by atoms with Crippen molar-refractivity contribution in [2.24, 2.45) is 0 Å². The molecule has 4 rings (SSSR count). The number of methoxy groups -OCH3 is 1. The van der Waals surface area contributed by atoms with E-state index in [0.717, 1.165) is 42.0 Å². The van der Waals surface area contributed by atoms with Crippen LogP contribution in [-0.4, -0.2) is 30.4 Å². The summed E-state index contributed by atoms with van der Waals surface area (Å²) in [5.41, 5.74) is 3.31. The molecule has 5 nitrogen and oxygen atoms in total. The van der Waals surface area contributed by atoms with E-state index in [0.29, 0.717) is 5.92 Å². The molecule has 1 unspecified atom stereocenters. The van der Waals surface area contributed by atoms with Crippen LogP contribution >= 0.6 is 0 Å². The quantitative estimate of drug-likeness (QED) is 0.731. The summed E-state index contributed by atoms with van der Waals surface area (Å²) in [4.78, 5) is 2.29. The zero-order chi connectivity index (χ0) is 16.5. The number of aryl methyl sites for hydroxylation is 1. The maximum atomic E-state index is 5.63. The van der Waals surface area contributed by atoms with Crippen molar-refractivity contribution in [1.82, 2.24) is 10.2 Å². The summed E-state index contributed by atoms with van der Waals surface area (Å²) in [6, 6.07) is 8.45. The zero-order valence-electron chi connectivity index (χ0n) is 14.0. The fourth-order valence-corrected chi connectivity index (χ4v) is 3.53. The predicted molar refractivity (Wildman–Crippen MR) is 93.7 cm³/mol. The smallest absolute Gasteiger partial charge is 0.195 e. The molecular weight excluding hydrogens is 302 g/mol. The first-order valence-corrected chi connectivity index (χ1v) is 8.34. The van der Waals surface area contributed by atoms with Gasteiger partial charge in [-0.15, -0.1) is 5.10 Å². The van der Waals surface area contributed by atoms with Crippen LogP contribution in [0.1, 0.15) is 29.9 Å². The van der Waals surface area contributed by atoms with Gasteiger partial charge in [-0.05, 0) is 43.0 Å². The van der Waals surface area contributed by atoms with Gasteiger partial charge in [-0.2, -0.15) is 5.10 Å². The molecule has 1 aliphatic heterocycles. The average Bonchev–Trinajstić information content (AvgIpc) is 3.11. The molecule has 3 aromatic rings. The second kappa shape index (κ2) is 6.15. The molecule has 5 heteroatoms. The standard InChI is InChI=1S/C19H21N3O2/c1-13-5-6-14(10-17(13)23-2)16-4-3-8-22(12-16)19-18-15(7-9-24-18)11-20-21-19/h5-7,9-11,16H,3-4,8,12H2,1-2H3. The summed E-state index contributed by atoms with van der Waals surface area (Å²) >= 11 is 0. The van der Waals surface area contributed by atoms with Gasteiger partial charge >= 0.3 is 0 Å². The van der Waals surface area contributed by atoms with E-state index in [-0.39, 0.29) is 0 Å². The van der Waals surface area contributed by atoms with E-state index in [4.69, 9.17) is 9.15 Å². The van der Waals surface area contributed by atoms with E-state index in [1.165, 1.54) is 17.5 Å². The lowest BCUT2D eigenvalue weighted by molar-refractivity contribution is 0.409. The van der Waals surface area contributed by atoms with Gasteiger partial charge in [-0.3, -0.25) is 0 Å². The highest BCUT2D eigenvalue weighted by atomic mass is 16.5. The van der Waals surface area contributed by atoms with Crippen LogP contribution in [0.15, 0.2) is 41.1 Å². The third-order valence-corrected chi connectivity index (χ3v) is 4.87. The number of hydrogen-bond donors (Lipinski definition) is 0. The average molecular weight is 323 g/mol. The summed E-state index contributed by atoms with van der Waals surface area (Å²) in [5.74, 6) is 2.26. The molecule has 1 aliphatic rings. The van der Waals surface area contributed by atoms with Gasteiger partial charge in [0.1, 0.15) is 5.75 Å². The van der Waals surface area contributed by atoms with Gasteiger partial charge in [0.25, 0.3) is 0 Å². The van der Waals surface area contributed by atoms with Crippen LogP contribution < -0.4 is 9.64 Å². The monoisotopic (exact) mass is 323 g/mol. The Labute approximate surface area is 141 Å². The lowest BCUT2D eigenvalue weighted by atomic mass is 9.90. The molecule has 124 valence electrons. The molecule has 0 spiro atoms. The Morgan fingerprint density at radius 2 is 2.21 bits per heavy atom. The van der Waals surface area contributed by atoms with Crippen LogP contribution in [0.5, 0.6) is 5.75 Å². The highest BCUT2D eigenvalue weighted by molar-refractivity contribution is 5.86. The Hall–Kier alpha value is -2.56. The molecule has 0 saturated carbocycles. The normalized spacial score (nSPS) is 18.1. The zero-order valence-corrected chi connectivity index (χ0v) is 14.0. The SMILES string of the molecule is COc1cc(C2CCCN(c3nncc4ccoc34)C2)ccc1C. The second-order valence-electron chi connectivity index (χ2n) is 6.39. The number of hydrogen-bond acceptors (Lipinski definition) is 5. The molecule has 1 aromatic carbocycles. The molecule has 2 aromatic heterocycles. The number of furan rings is 1. The molecule has 0 aliphatic carbocycles. The van der Waals surface area contributed by atoms with E-state index in [9.17, 15) is 0 Å². The van der Waals surface area contributed by atoms with Crippen molar-refractivity contribution >= 4 is 16.8 Å². The molecule has 24 heavy (non-hydrogen) atoms. The van der Waals surface area contributed by atoms with E-state index in [1.807, 2.05) is 6.07 Å². The lowest BCUT2D eigenvalue weighted by Gasteiger charge is -2.33. The van der Waals surface area contributed by atoms with Crippen LogP contribution in [-0.2, 0) is 0 Å². The van der Waals surface area contributed by atoms with E-state index < -0.39 is 0 Å². The van der Waals surface area contributed by atoms with E-state index in [2.05, 4.69) is 40.2 Å². The van der Waals surface area contributed by atoms with Crippen molar-refractivity contribution in [2.45, 2.75) is 25.7 Å². The van der Waals surface area contributed by atoms with Gasteiger partial charge in [0, 0.05) is 24.4 Å².